The highest BCUT2D eigenvalue weighted by molar-refractivity contribution is 7.98. The Labute approximate surface area is 121 Å². The van der Waals surface area contributed by atoms with Gasteiger partial charge in [-0.25, -0.2) is 0 Å². The third kappa shape index (κ3) is 5.35. The lowest BCUT2D eigenvalue weighted by Crippen LogP contribution is -2.39. The van der Waals surface area contributed by atoms with Gasteiger partial charge in [0.25, 0.3) is 0 Å². The first-order valence-corrected chi connectivity index (χ1v) is 9.19. The molecule has 1 amide bonds. The van der Waals surface area contributed by atoms with Gasteiger partial charge >= 0.3 is 0 Å². The minimum absolute atomic E-state index is 0.274. The van der Waals surface area contributed by atoms with Crippen LogP contribution in [0.1, 0.15) is 51.4 Å². The van der Waals surface area contributed by atoms with Gasteiger partial charge < -0.3 is 10.6 Å². The van der Waals surface area contributed by atoms with Crippen LogP contribution in [0.4, 0.5) is 0 Å². The average molecular weight is 284 g/mol. The molecule has 2 atom stereocenters. The van der Waals surface area contributed by atoms with Gasteiger partial charge in [-0.05, 0) is 56.5 Å². The molecule has 2 heterocycles. The standard InChI is InChI=1S/C15H28N2OS/c1-19-8-4-2-3-7-16-15(18)11-12-9-13-5-6-14(10-12)17-13/h12-14,17H,2-11H2,1H3,(H,16,18). The van der Waals surface area contributed by atoms with Gasteiger partial charge in [0.1, 0.15) is 0 Å². The van der Waals surface area contributed by atoms with Gasteiger partial charge in [0, 0.05) is 25.0 Å². The Hall–Kier alpha value is -0.220. The van der Waals surface area contributed by atoms with Gasteiger partial charge in [-0.15, -0.1) is 0 Å². The number of unbranched alkanes of at least 4 members (excludes halogenated alkanes) is 2. The van der Waals surface area contributed by atoms with Crippen LogP contribution < -0.4 is 10.6 Å². The molecule has 2 bridgehead atoms. The van der Waals surface area contributed by atoms with Crippen molar-refractivity contribution in [1.29, 1.82) is 0 Å². The number of thioether (sulfide) groups is 1. The number of amides is 1. The van der Waals surface area contributed by atoms with E-state index in [9.17, 15) is 4.79 Å². The number of hydrogen-bond donors (Lipinski definition) is 2. The highest BCUT2D eigenvalue weighted by atomic mass is 32.2. The predicted octanol–water partition coefficient (Wildman–Crippen LogP) is 2.56. The zero-order valence-corrected chi connectivity index (χ0v) is 12.9. The normalized spacial score (nSPS) is 29.4. The van der Waals surface area contributed by atoms with Crippen molar-refractivity contribution in [2.24, 2.45) is 5.92 Å². The lowest BCUT2D eigenvalue weighted by Gasteiger charge is -2.28. The fourth-order valence-electron chi connectivity index (χ4n) is 3.45. The summed E-state index contributed by atoms with van der Waals surface area (Å²) in [5.41, 5.74) is 0. The average Bonchev–Trinajstić information content (AvgIpc) is 2.73. The van der Waals surface area contributed by atoms with Crippen molar-refractivity contribution < 1.29 is 4.79 Å². The highest BCUT2D eigenvalue weighted by Crippen LogP contribution is 2.32. The Morgan fingerprint density at radius 3 is 2.63 bits per heavy atom. The third-order valence-corrected chi connectivity index (χ3v) is 5.09. The van der Waals surface area contributed by atoms with Crippen LogP contribution in [-0.2, 0) is 4.79 Å². The van der Waals surface area contributed by atoms with Crippen molar-refractivity contribution >= 4 is 17.7 Å². The molecule has 2 aliphatic heterocycles. The molecule has 2 unspecified atom stereocenters. The second-order valence-electron chi connectivity index (χ2n) is 6.08. The van der Waals surface area contributed by atoms with Gasteiger partial charge in [-0.3, -0.25) is 4.79 Å². The van der Waals surface area contributed by atoms with Crippen molar-refractivity contribution in [3.8, 4) is 0 Å². The van der Waals surface area contributed by atoms with Gasteiger partial charge in [0.15, 0.2) is 0 Å². The van der Waals surface area contributed by atoms with E-state index in [2.05, 4.69) is 16.9 Å². The first-order valence-electron chi connectivity index (χ1n) is 7.79. The molecule has 2 rings (SSSR count). The van der Waals surface area contributed by atoms with Crippen molar-refractivity contribution in [3.05, 3.63) is 0 Å². The third-order valence-electron chi connectivity index (χ3n) is 4.39. The van der Waals surface area contributed by atoms with E-state index in [0.29, 0.717) is 18.0 Å². The number of carbonyl (C=O) groups is 1. The Balaban J connectivity index is 1.52. The Kier molecular flexibility index (Phi) is 6.51. The quantitative estimate of drug-likeness (QED) is 0.673. The number of hydrogen-bond acceptors (Lipinski definition) is 3. The van der Waals surface area contributed by atoms with Gasteiger partial charge in [0.2, 0.25) is 5.91 Å². The number of carbonyl (C=O) groups excluding carboxylic acids is 1. The summed E-state index contributed by atoms with van der Waals surface area (Å²) in [5.74, 6) is 2.14. The lowest BCUT2D eigenvalue weighted by atomic mass is 9.89. The number of nitrogens with one attached hydrogen (secondary N) is 2. The van der Waals surface area contributed by atoms with E-state index >= 15 is 0 Å². The van der Waals surface area contributed by atoms with E-state index in [-0.39, 0.29) is 5.91 Å². The zero-order valence-electron chi connectivity index (χ0n) is 12.1. The summed E-state index contributed by atoms with van der Waals surface area (Å²) < 4.78 is 0. The van der Waals surface area contributed by atoms with Crippen LogP contribution in [0.5, 0.6) is 0 Å². The molecular formula is C15H28N2OS. The maximum Gasteiger partial charge on any atom is 0.220 e. The Morgan fingerprint density at radius 2 is 1.95 bits per heavy atom. The summed E-state index contributed by atoms with van der Waals surface area (Å²) in [6, 6.07) is 1.39. The van der Waals surface area contributed by atoms with Crippen LogP contribution in [-0.4, -0.2) is 36.5 Å². The van der Waals surface area contributed by atoms with Crippen LogP contribution >= 0.6 is 11.8 Å². The number of piperidine rings is 1. The van der Waals surface area contributed by atoms with Crippen LogP contribution in [0, 0.1) is 5.92 Å². The topological polar surface area (TPSA) is 41.1 Å². The molecule has 110 valence electrons. The molecule has 0 aromatic rings. The number of rotatable bonds is 8. The number of fused-ring (bicyclic) bond motifs is 2. The summed E-state index contributed by atoms with van der Waals surface area (Å²) in [6.45, 7) is 0.866. The van der Waals surface area contributed by atoms with Crippen molar-refractivity contribution in [2.75, 3.05) is 18.6 Å². The SMILES string of the molecule is CSCCCCCNC(=O)CC1CC2CCC(C1)N2. The molecule has 0 radical (unpaired) electrons. The maximum absolute atomic E-state index is 11.9. The molecule has 2 saturated heterocycles. The van der Waals surface area contributed by atoms with Crippen LogP contribution in [0.3, 0.4) is 0 Å². The van der Waals surface area contributed by atoms with E-state index in [1.807, 2.05) is 11.8 Å². The van der Waals surface area contributed by atoms with Crippen molar-refractivity contribution in [1.82, 2.24) is 10.6 Å². The molecular weight excluding hydrogens is 256 g/mol. The Morgan fingerprint density at radius 1 is 1.21 bits per heavy atom. The smallest absolute Gasteiger partial charge is 0.220 e. The summed E-state index contributed by atoms with van der Waals surface area (Å²) in [7, 11) is 0. The molecule has 2 aliphatic rings. The second-order valence-corrected chi connectivity index (χ2v) is 7.07. The molecule has 0 aromatic heterocycles. The predicted molar refractivity (Wildman–Crippen MR) is 82.5 cm³/mol. The monoisotopic (exact) mass is 284 g/mol. The minimum Gasteiger partial charge on any atom is -0.356 e. The highest BCUT2D eigenvalue weighted by Gasteiger charge is 2.33. The van der Waals surface area contributed by atoms with Crippen LogP contribution in [0.15, 0.2) is 0 Å². The zero-order chi connectivity index (χ0) is 13.5. The van der Waals surface area contributed by atoms with Crippen molar-refractivity contribution in [3.63, 3.8) is 0 Å². The second kappa shape index (κ2) is 8.15. The van der Waals surface area contributed by atoms with Crippen LogP contribution in [0.2, 0.25) is 0 Å². The summed E-state index contributed by atoms with van der Waals surface area (Å²) in [5, 5.41) is 6.72. The largest absolute Gasteiger partial charge is 0.356 e. The van der Waals surface area contributed by atoms with E-state index in [4.69, 9.17) is 0 Å². The summed E-state index contributed by atoms with van der Waals surface area (Å²) in [6.07, 6.45) is 11.6. The molecule has 0 aromatic carbocycles. The first-order chi connectivity index (χ1) is 9.28. The molecule has 4 heteroatoms. The summed E-state index contributed by atoms with van der Waals surface area (Å²) in [4.78, 5) is 11.9. The first kappa shape index (κ1) is 15.2. The lowest BCUT2D eigenvalue weighted by molar-refractivity contribution is -0.122. The Bertz CT molecular complexity index is 273. The summed E-state index contributed by atoms with van der Waals surface area (Å²) >= 11 is 1.90. The minimum atomic E-state index is 0.274. The molecule has 0 spiro atoms. The fraction of sp³-hybridized carbons (Fsp3) is 0.933. The van der Waals surface area contributed by atoms with E-state index in [1.54, 1.807) is 0 Å². The van der Waals surface area contributed by atoms with Crippen LogP contribution in [0.25, 0.3) is 0 Å². The molecule has 2 fully saturated rings. The molecule has 3 nitrogen and oxygen atoms in total. The molecule has 19 heavy (non-hydrogen) atoms. The maximum atomic E-state index is 11.9. The molecule has 0 saturated carbocycles. The van der Waals surface area contributed by atoms with E-state index in [1.165, 1.54) is 44.3 Å². The fourth-order valence-corrected chi connectivity index (χ4v) is 3.94. The molecule has 0 aliphatic carbocycles. The van der Waals surface area contributed by atoms with E-state index < -0.39 is 0 Å². The van der Waals surface area contributed by atoms with Gasteiger partial charge in [-0.2, -0.15) is 11.8 Å². The van der Waals surface area contributed by atoms with Gasteiger partial charge in [-0.1, -0.05) is 6.42 Å². The van der Waals surface area contributed by atoms with Crippen molar-refractivity contribution in [2.45, 2.75) is 63.5 Å². The van der Waals surface area contributed by atoms with E-state index in [0.717, 1.165) is 19.4 Å². The van der Waals surface area contributed by atoms with Gasteiger partial charge in [0.05, 0.1) is 0 Å². The molecule has 2 N–H and O–H groups in total.